The van der Waals surface area contributed by atoms with Crippen LogP contribution in [-0.2, 0) is 0 Å². The molecule has 1 saturated carbocycles. The van der Waals surface area contributed by atoms with Crippen molar-refractivity contribution >= 4 is 22.5 Å². The molecule has 0 radical (unpaired) electrons. The van der Waals surface area contributed by atoms with Gasteiger partial charge in [0.25, 0.3) is 0 Å². The Hall–Kier alpha value is -3.10. The molecule has 1 N–H and O–H groups in total. The first kappa shape index (κ1) is 18.7. The molecule has 8 heteroatoms. The summed E-state index contributed by atoms with van der Waals surface area (Å²) in [7, 11) is 2.20. The fourth-order valence-electron chi connectivity index (χ4n) is 4.66. The minimum Gasteiger partial charge on any atom is -0.350 e. The molecule has 1 saturated heterocycles. The van der Waals surface area contributed by atoms with E-state index in [4.69, 9.17) is 4.98 Å². The van der Waals surface area contributed by atoms with Crippen molar-refractivity contribution in [1.29, 1.82) is 0 Å². The van der Waals surface area contributed by atoms with E-state index in [0.29, 0.717) is 18.0 Å². The van der Waals surface area contributed by atoms with Crippen LogP contribution in [0.3, 0.4) is 0 Å². The zero-order chi connectivity index (χ0) is 20.8. The molecule has 31 heavy (non-hydrogen) atoms. The number of anilines is 1. The second kappa shape index (κ2) is 7.55. The van der Waals surface area contributed by atoms with Gasteiger partial charge in [0, 0.05) is 56.2 Å². The second-order valence-corrected chi connectivity index (χ2v) is 8.68. The lowest BCUT2D eigenvalue weighted by Crippen LogP contribution is -2.55. The van der Waals surface area contributed by atoms with E-state index >= 15 is 0 Å². The van der Waals surface area contributed by atoms with E-state index in [2.05, 4.69) is 37.2 Å². The van der Waals surface area contributed by atoms with Gasteiger partial charge in [0.1, 0.15) is 0 Å². The van der Waals surface area contributed by atoms with Crippen molar-refractivity contribution < 1.29 is 0 Å². The normalized spacial score (nSPS) is 22.6. The standard InChI is InChI=1S/C23H26N8/c1-29-9-11-30(12-10-29)17-13-16(14-17)26-23-25-15-22-18(6-8-31(22)28-23)19-4-5-20-21(27-19)3-2-7-24-20/h2-8,15-17H,9-14H2,1H3,(H,26,28)/t16-,17+. The van der Waals surface area contributed by atoms with Crippen molar-refractivity contribution in [2.75, 3.05) is 38.5 Å². The third kappa shape index (κ3) is 3.51. The number of hydrogen-bond acceptors (Lipinski definition) is 7. The Morgan fingerprint density at radius 1 is 0.968 bits per heavy atom. The van der Waals surface area contributed by atoms with Crippen LogP contribution in [0.1, 0.15) is 12.8 Å². The Bertz CT molecular complexity index is 1220. The second-order valence-electron chi connectivity index (χ2n) is 8.68. The molecular weight excluding hydrogens is 388 g/mol. The first-order valence-corrected chi connectivity index (χ1v) is 11.0. The molecule has 8 nitrogen and oxygen atoms in total. The maximum atomic E-state index is 4.76. The van der Waals surface area contributed by atoms with Crippen LogP contribution in [-0.4, -0.2) is 79.7 Å². The van der Waals surface area contributed by atoms with Crippen LogP contribution in [0.2, 0.25) is 0 Å². The molecule has 6 rings (SSSR count). The molecule has 1 aliphatic heterocycles. The molecule has 0 atom stereocenters. The summed E-state index contributed by atoms with van der Waals surface area (Å²) in [5, 5.41) is 8.20. The number of nitrogens with zero attached hydrogens (tertiary/aromatic N) is 7. The summed E-state index contributed by atoms with van der Waals surface area (Å²) in [6.45, 7) is 4.71. The van der Waals surface area contributed by atoms with Gasteiger partial charge in [-0.15, -0.1) is 5.10 Å². The lowest BCUT2D eigenvalue weighted by molar-refractivity contribution is 0.0656. The van der Waals surface area contributed by atoms with E-state index in [1.807, 2.05) is 47.2 Å². The Morgan fingerprint density at radius 2 is 1.84 bits per heavy atom. The number of rotatable bonds is 4. The molecule has 5 heterocycles. The lowest BCUT2D eigenvalue weighted by atomic mass is 9.85. The van der Waals surface area contributed by atoms with E-state index in [9.17, 15) is 0 Å². The highest BCUT2D eigenvalue weighted by atomic mass is 15.3. The van der Waals surface area contributed by atoms with Gasteiger partial charge in [-0.3, -0.25) is 9.88 Å². The van der Waals surface area contributed by atoms with Crippen molar-refractivity contribution in [1.82, 2.24) is 34.4 Å². The molecule has 4 aromatic rings. The van der Waals surface area contributed by atoms with Crippen LogP contribution in [0, 0.1) is 0 Å². The molecule has 2 aliphatic rings. The third-order valence-electron chi connectivity index (χ3n) is 6.65. The number of fused-ring (bicyclic) bond motifs is 2. The Balaban J connectivity index is 1.16. The molecule has 0 bridgehead atoms. The van der Waals surface area contributed by atoms with Crippen molar-refractivity contribution in [3.8, 4) is 11.3 Å². The average Bonchev–Trinajstić information content (AvgIpc) is 3.20. The number of hydrogen-bond donors (Lipinski definition) is 1. The monoisotopic (exact) mass is 414 g/mol. The first-order chi connectivity index (χ1) is 15.2. The molecule has 0 aromatic carbocycles. The number of pyridine rings is 2. The number of piperazine rings is 1. The van der Waals surface area contributed by atoms with E-state index in [1.165, 1.54) is 26.2 Å². The first-order valence-electron chi connectivity index (χ1n) is 11.0. The average molecular weight is 415 g/mol. The molecule has 0 amide bonds. The van der Waals surface area contributed by atoms with Gasteiger partial charge in [-0.05, 0) is 50.2 Å². The summed E-state index contributed by atoms with van der Waals surface area (Å²) in [5.74, 6) is 0.687. The molecule has 1 aliphatic carbocycles. The number of likely N-dealkylation sites (N-methyl/N-ethyl adjacent to an activating group) is 1. The zero-order valence-corrected chi connectivity index (χ0v) is 17.6. The van der Waals surface area contributed by atoms with Gasteiger partial charge in [-0.1, -0.05) is 0 Å². The summed E-state index contributed by atoms with van der Waals surface area (Å²) >= 11 is 0. The van der Waals surface area contributed by atoms with Crippen molar-refractivity contribution in [3.05, 3.63) is 48.9 Å². The maximum absolute atomic E-state index is 4.76. The molecule has 4 aromatic heterocycles. The van der Waals surface area contributed by atoms with Crippen molar-refractivity contribution in [3.63, 3.8) is 0 Å². The Morgan fingerprint density at radius 3 is 2.71 bits per heavy atom. The fraction of sp³-hybridized carbons (Fsp3) is 0.391. The van der Waals surface area contributed by atoms with Crippen LogP contribution in [0.15, 0.2) is 48.9 Å². The van der Waals surface area contributed by atoms with Gasteiger partial charge in [0.05, 0.1) is 28.4 Å². The predicted molar refractivity (Wildman–Crippen MR) is 121 cm³/mol. The highest BCUT2D eigenvalue weighted by Crippen LogP contribution is 2.29. The largest absolute Gasteiger partial charge is 0.350 e. The Labute approximate surface area is 180 Å². The maximum Gasteiger partial charge on any atom is 0.241 e. The summed E-state index contributed by atoms with van der Waals surface area (Å²) < 4.78 is 1.89. The summed E-state index contributed by atoms with van der Waals surface area (Å²) in [6.07, 6.45) is 7.97. The summed E-state index contributed by atoms with van der Waals surface area (Å²) in [4.78, 5) is 18.7. The van der Waals surface area contributed by atoms with Gasteiger partial charge >= 0.3 is 0 Å². The highest BCUT2D eigenvalue weighted by molar-refractivity contribution is 5.83. The summed E-state index contributed by atoms with van der Waals surface area (Å²) in [5.41, 5.74) is 4.66. The van der Waals surface area contributed by atoms with Crippen LogP contribution in [0.5, 0.6) is 0 Å². The van der Waals surface area contributed by atoms with Gasteiger partial charge in [0.2, 0.25) is 5.95 Å². The topological polar surface area (TPSA) is 74.5 Å². The SMILES string of the molecule is CN1CCN([C@H]2C[C@@H](Nc3ncc4c(-c5ccc6ncccc6n5)ccn4n3)C2)CC1. The van der Waals surface area contributed by atoms with Gasteiger partial charge in [-0.25, -0.2) is 14.5 Å². The number of aromatic nitrogens is 5. The molecule has 2 fully saturated rings. The van der Waals surface area contributed by atoms with E-state index in [-0.39, 0.29) is 0 Å². The third-order valence-corrected chi connectivity index (χ3v) is 6.65. The summed E-state index contributed by atoms with van der Waals surface area (Å²) in [6, 6.07) is 11.1. The highest BCUT2D eigenvalue weighted by Gasteiger charge is 2.35. The molecule has 158 valence electrons. The van der Waals surface area contributed by atoms with Crippen LogP contribution < -0.4 is 5.32 Å². The van der Waals surface area contributed by atoms with E-state index in [1.54, 1.807) is 6.20 Å². The lowest BCUT2D eigenvalue weighted by Gasteiger charge is -2.46. The van der Waals surface area contributed by atoms with Gasteiger partial charge in [-0.2, -0.15) is 0 Å². The number of nitrogens with one attached hydrogen (secondary N) is 1. The van der Waals surface area contributed by atoms with Crippen LogP contribution >= 0.6 is 0 Å². The van der Waals surface area contributed by atoms with E-state index in [0.717, 1.165) is 40.6 Å². The predicted octanol–water partition coefficient (Wildman–Crippen LogP) is 2.53. The van der Waals surface area contributed by atoms with Crippen LogP contribution in [0.4, 0.5) is 5.95 Å². The molecule has 0 unspecified atom stereocenters. The molecular formula is C23H26N8. The smallest absolute Gasteiger partial charge is 0.241 e. The van der Waals surface area contributed by atoms with E-state index < -0.39 is 0 Å². The van der Waals surface area contributed by atoms with Crippen molar-refractivity contribution in [2.24, 2.45) is 0 Å². The minimum absolute atomic E-state index is 0.451. The van der Waals surface area contributed by atoms with Crippen molar-refractivity contribution in [2.45, 2.75) is 24.9 Å². The Kier molecular flexibility index (Phi) is 4.54. The molecule has 0 spiro atoms. The quantitative estimate of drug-likeness (QED) is 0.550. The fourth-order valence-corrected chi connectivity index (χ4v) is 4.66. The van der Waals surface area contributed by atoms with Gasteiger partial charge < -0.3 is 10.2 Å². The minimum atomic E-state index is 0.451. The zero-order valence-electron chi connectivity index (χ0n) is 17.6. The van der Waals surface area contributed by atoms with Crippen LogP contribution in [0.25, 0.3) is 27.8 Å². The van der Waals surface area contributed by atoms with Gasteiger partial charge in [0.15, 0.2) is 0 Å².